The second-order valence-electron chi connectivity index (χ2n) is 4.69. The van der Waals surface area contributed by atoms with Crippen LogP contribution in [0, 0.1) is 0 Å². The first-order chi connectivity index (χ1) is 10.6. The molecule has 3 rings (SSSR count). The lowest BCUT2D eigenvalue weighted by Gasteiger charge is -2.13. The molecule has 0 spiro atoms. The van der Waals surface area contributed by atoms with Crippen molar-refractivity contribution in [3.8, 4) is 0 Å². The van der Waals surface area contributed by atoms with Crippen molar-refractivity contribution in [3.05, 3.63) is 53.0 Å². The predicted octanol–water partition coefficient (Wildman–Crippen LogP) is 2.65. The Balaban J connectivity index is 1.69. The van der Waals surface area contributed by atoms with E-state index in [2.05, 4.69) is 31.6 Å². The number of amides is 1. The van der Waals surface area contributed by atoms with Crippen LogP contribution in [0.1, 0.15) is 6.92 Å². The van der Waals surface area contributed by atoms with E-state index in [0.717, 1.165) is 4.47 Å². The maximum atomic E-state index is 12.2. The number of fused-ring (bicyclic) bond motifs is 1. The number of hydrogen-bond acceptors (Lipinski definition) is 4. The average molecular weight is 361 g/mol. The summed E-state index contributed by atoms with van der Waals surface area (Å²) in [5, 5.41) is 10.7. The van der Waals surface area contributed by atoms with Crippen LogP contribution in [0.2, 0.25) is 0 Å². The summed E-state index contributed by atoms with van der Waals surface area (Å²) in [5.74, 6) is -0.262. The van der Waals surface area contributed by atoms with Gasteiger partial charge in [-0.15, -0.1) is 5.10 Å². The average Bonchev–Trinajstić information content (AvgIpc) is 2.93. The van der Waals surface area contributed by atoms with E-state index in [1.807, 2.05) is 36.4 Å². The van der Waals surface area contributed by atoms with Crippen molar-refractivity contribution < 1.29 is 9.63 Å². The van der Waals surface area contributed by atoms with Gasteiger partial charge in [0.1, 0.15) is 11.0 Å². The lowest BCUT2D eigenvalue weighted by molar-refractivity contribution is -0.127. The molecule has 0 saturated carbocycles. The van der Waals surface area contributed by atoms with Gasteiger partial charge in [-0.05, 0) is 48.5 Å². The normalized spacial score (nSPS) is 12.1. The van der Waals surface area contributed by atoms with Crippen molar-refractivity contribution in [2.45, 2.75) is 13.0 Å². The maximum Gasteiger partial charge on any atom is 0.267 e. The second-order valence-corrected chi connectivity index (χ2v) is 5.61. The quantitative estimate of drug-likeness (QED) is 0.776. The van der Waals surface area contributed by atoms with E-state index >= 15 is 0 Å². The van der Waals surface area contributed by atoms with E-state index in [-0.39, 0.29) is 5.91 Å². The molecule has 1 amide bonds. The first-order valence-corrected chi connectivity index (χ1v) is 7.47. The highest BCUT2D eigenvalue weighted by molar-refractivity contribution is 9.10. The zero-order valence-corrected chi connectivity index (χ0v) is 13.3. The van der Waals surface area contributed by atoms with Gasteiger partial charge < -0.3 is 10.2 Å². The molecule has 0 aliphatic rings. The Morgan fingerprint density at radius 3 is 2.73 bits per heavy atom. The van der Waals surface area contributed by atoms with Gasteiger partial charge in [0.15, 0.2) is 0 Å². The summed E-state index contributed by atoms with van der Waals surface area (Å²) in [6.07, 6.45) is -0.714. The topological polar surface area (TPSA) is 69.0 Å². The third-order valence-corrected chi connectivity index (χ3v) is 3.59. The Morgan fingerprint density at radius 2 is 1.95 bits per heavy atom. The minimum atomic E-state index is -0.714. The van der Waals surface area contributed by atoms with Gasteiger partial charge in [0.2, 0.25) is 6.10 Å². The molecule has 7 heteroatoms. The smallest absolute Gasteiger partial charge is 0.267 e. The summed E-state index contributed by atoms with van der Waals surface area (Å²) in [6, 6.07) is 14.7. The number of para-hydroxylation sites is 1. The van der Waals surface area contributed by atoms with Crippen LogP contribution in [0.4, 0.5) is 5.69 Å². The van der Waals surface area contributed by atoms with E-state index in [4.69, 9.17) is 4.84 Å². The van der Waals surface area contributed by atoms with Gasteiger partial charge >= 0.3 is 0 Å². The molecule has 0 fully saturated rings. The highest BCUT2D eigenvalue weighted by Crippen LogP contribution is 2.14. The molecule has 3 aromatic rings. The number of rotatable bonds is 4. The largest absolute Gasteiger partial charge is 0.382 e. The highest BCUT2D eigenvalue weighted by atomic mass is 79.9. The molecule has 1 aromatic heterocycles. The zero-order valence-electron chi connectivity index (χ0n) is 11.7. The standard InChI is InChI=1S/C15H13BrN4O2/c1-10(15(21)17-12-8-6-11(16)7-9-12)22-20-14-5-3-2-4-13(14)18-19-20/h2-10H,1H3,(H,17,21)/t10-/m1/s1. The summed E-state index contributed by atoms with van der Waals surface area (Å²) in [4.78, 5) is 19.0. The number of carbonyl (C=O) groups excluding carboxylic acids is 1. The first-order valence-electron chi connectivity index (χ1n) is 6.67. The van der Waals surface area contributed by atoms with Crippen LogP contribution in [0.3, 0.4) is 0 Å². The molecular formula is C15H13BrN4O2. The van der Waals surface area contributed by atoms with Crippen LogP contribution in [0.15, 0.2) is 53.0 Å². The van der Waals surface area contributed by atoms with Crippen LogP contribution in [0.25, 0.3) is 11.0 Å². The van der Waals surface area contributed by atoms with Crippen LogP contribution < -0.4 is 10.2 Å². The highest BCUT2D eigenvalue weighted by Gasteiger charge is 2.17. The van der Waals surface area contributed by atoms with Crippen molar-refractivity contribution in [2.24, 2.45) is 0 Å². The Hall–Kier alpha value is -2.41. The molecule has 0 bridgehead atoms. The van der Waals surface area contributed by atoms with E-state index in [0.29, 0.717) is 16.7 Å². The lowest BCUT2D eigenvalue weighted by atomic mass is 10.3. The van der Waals surface area contributed by atoms with Crippen molar-refractivity contribution >= 4 is 38.6 Å². The Morgan fingerprint density at radius 1 is 1.23 bits per heavy atom. The van der Waals surface area contributed by atoms with Crippen LogP contribution in [-0.2, 0) is 4.79 Å². The molecule has 1 atom stereocenters. The number of anilines is 1. The Bertz CT molecular complexity index is 801. The maximum absolute atomic E-state index is 12.2. The van der Waals surface area contributed by atoms with Crippen LogP contribution in [-0.4, -0.2) is 27.2 Å². The molecule has 1 N–H and O–H groups in total. The molecule has 0 radical (unpaired) electrons. The summed E-state index contributed by atoms with van der Waals surface area (Å²) < 4.78 is 0.948. The molecule has 1 heterocycles. The monoisotopic (exact) mass is 360 g/mol. The minimum absolute atomic E-state index is 0.262. The van der Waals surface area contributed by atoms with E-state index in [9.17, 15) is 4.79 Å². The number of aromatic nitrogens is 3. The van der Waals surface area contributed by atoms with Gasteiger partial charge in [0.05, 0.1) is 0 Å². The molecule has 0 aliphatic carbocycles. The van der Waals surface area contributed by atoms with Crippen LogP contribution >= 0.6 is 15.9 Å². The molecular weight excluding hydrogens is 348 g/mol. The van der Waals surface area contributed by atoms with Gasteiger partial charge in [0.25, 0.3) is 5.91 Å². The number of nitrogens with zero attached hydrogens (tertiary/aromatic N) is 3. The fourth-order valence-corrected chi connectivity index (χ4v) is 2.16. The van der Waals surface area contributed by atoms with Crippen molar-refractivity contribution in [1.29, 1.82) is 0 Å². The first kappa shape index (κ1) is 14.5. The zero-order chi connectivity index (χ0) is 15.5. The van der Waals surface area contributed by atoms with Gasteiger partial charge in [-0.1, -0.05) is 32.9 Å². The predicted molar refractivity (Wildman–Crippen MR) is 86.3 cm³/mol. The third kappa shape index (κ3) is 3.09. The van der Waals surface area contributed by atoms with Gasteiger partial charge in [0, 0.05) is 10.2 Å². The fraction of sp³-hybridized carbons (Fsp3) is 0.133. The summed E-state index contributed by atoms with van der Waals surface area (Å²) in [7, 11) is 0. The number of benzene rings is 2. The Labute approximate surface area is 135 Å². The van der Waals surface area contributed by atoms with E-state index in [1.54, 1.807) is 19.1 Å². The van der Waals surface area contributed by atoms with Crippen LogP contribution in [0.5, 0.6) is 0 Å². The summed E-state index contributed by atoms with van der Waals surface area (Å²) >= 11 is 3.35. The van der Waals surface area contributed by atoms with Gasteiger partial charge in [-0.3, -0.25) is 4.79 Å². The number of halogens is 1. The lowest BCUT2D eigenvalue weighted by Crippen LogP contribution is -2.35. The molecule has 6 nitrogen and oxygen atoms in total. The summed E-state index contributed by atoms with van der Waals surface area (Å²) in [6.45, 7) is 1.66. The van der Waals surface area contributed by atoms with Gasteiger partial charge in [-0.2, -0.15) is 0 Å². The number of hydrogen-bond donors (Lipinski definition) is 1. The number of nitrogens with one attached hydrogen (secondary N) is 1. The van der Waals surface area contributed by atoms with Gasteiger partial charge in [-0.25, -0.2) is 0 Å². The Kier molecular flexibility index (Phi) is 4.06. The molecule has 112 valence electrons. The molecule has 0 saturated heterocycles. The third-order valence-electron chi connectivity index (χ3n) is 3.06. The molecule has 2 aromatic carbocycles. The molecule has 0 unspecified atom stereocenters. The van der Waals surface area contributed by atoms with Crippen molar-refractivity contribution in [1.82, 2.24) is 15.2 Å². The number of carbonyl (C=O) groups is 1. The van der Waals surface area contributed by atoms with E-state index < -0.39 is 6.10 Å². The fourth-order valence-electron chi connectivity index (χ4n) is 1.90. The molecule has 22 heavy (non-hydrogen) atoms. The van der Waals surface area contributed by atoms with Crippen molar-refractivity contribution in [3.63, 3.8) is 0 Å². The molecule has 0 aliphatic heterocycles. The minimum Gasteiger partial charge on any atom is -0.382 e. The van der Waals surface area contributed by atoms with Crippen molar-refractivity contribution in [2.75, 3.05) is 5.32 Å². The van der Waals surface area contributed by atoms with E-state index in [1.165, 1.54) is 4.85 Å². The SMILES string of the molecule is C[C@@H](On1nnc2ccccc21)C(=O)Nc1ccc(Br)cc1. The summed E-state index contributed by atoms with van der Waals surface area (Å²) in [5.41, 5.74) is 2.13. The second kappa shape index (κ2) is 6.15.